The fraction of sp³-hybridized carbons (Fsp3) is 0.509. The number of likely N-dealkylation sites (tertiary alicyclic amines) is 2. The van der Waals surface area contributed by atoms with Gasteiger partial charge in [-0.3, -0.25) is 44.2 Å². The molecule has 20 nitrogen and oxygen atoms in total. The van der Waals surface area contributed by atoms with Crippen molar-refractivity contribution in [2.24, 2.45) is 0 Å². The van der Waals surface area contributed by atoms with Gasteiger partial charge in [-0.15, -0.1) is 0 Å². The summed E-state index contributed by atoms with van der Waals surface area (Å²) in [5, 5.41) is 3.65. The molecule has 2 saturated heterocycles. The fourth-order valence-electron chi connectivity index (χ4n) is 10.2. The predicted molar refractivity (Wildman–Crippen MR) is 282 cm³/mol. The van der Waals surface area contributed by atoms with Crippen LogP contribution in [0.5, 0.6) is 34.5 Å². The van der Waals surface area contributed by atoms with E-state index in [0.29, 0.717) is 94.2 Å². The highest BCUT2D eigenvalue weighted by atomic mass is 16.6. The third-order valence-corrected chi connectivity index (χ3v) is 14.3. The Morgan fingerprint density at radius 2 is 1.16 bits per heavy atom. The minimum absolute atomic E-state index is 0.0151. The number of nitrogens with zero attached hydrogens (tertiary/aromatic N) is 9. The molecule has 1 N–H and O–H groups in total. The van der Waals surface area contributed by atoms with E-state index in [-0.39, 0.29) is 29.3 Å². The summed E-state index contributed by atoms with van der Waals surface area (Å²) in [7, 11) is 3.20. The van der Waals surface area contributed by atoms with Gasteiger partial charge in [-0.2, -0.15) is 0 Å². The lowest BCUT2D eigenvalue weighted by Gasteiger charge is -2.42. The number of methoxy groups -OCH3 is 2. The molecule has 4 atom stereocenters. The van der Waals surface area contributed by atoms with E-state index in [4.69, 9.17) is 33.2 Å². The highest BCUT2D eigenvalue weighted by molar-refractivity contribution is 5.76. The van der Waals surface area contributed by atoms with Crippen LogP contribution in [0.25, 0.3) is 22.1 Å². The number of ether oxygens (including phenoxy) is 7. The second kappa shape index (κ2) is 23.7. The third-order valence-electron chi connectivity index (χ3n) is 14.3. The minimum Gasteiger partial charge on any atom is -0.495 e. The van der Waals surface area contributed by atoms with E-state index < -0.39 is 5.60 Å². The molecule has 10 rings (SSSR count). The number of hydrogen-bond donors (Lipinski definition) is 1. The molecule has 0 aromatic carbocycles. The number of fused-ring (bicyclic) bond motifs is 4. The maximum absolute atomic E-state index is 13.4. The molecule has 0 spiro atoms. The van der Waals surface area contributed by atoms with Crippen LogP contribution < -0.4 is 44.9 Å². The van der Waals surface area contributed by atoms with Gasteiger partial charge in [0.1, 0.15) is 43.5 Å². The summed E-state index contributed by atoms with van der Waals surface area (Å²) in [5.41, 5.74) is 4.07. The SMILES string of the molecule is COc1cnc2ccc(=O)n(CCN3CCC(N(Cc4cc5c(cn4)OCCO5)C(=O)OC(C)(C)C)CC3C)c2c1.COc1cnc2ccc(=O)n(CCN3CCC(NCc4cc5c(cn4)OCCO5)CC3C)c2c1. The molecular formula is C55H70N10O10. The Balaban J connectivity index is 0.000000187. The van der Waals surface area contributed by atoms with Gasteiger partial charge in [-0.05, 0) is 79.0 Å². The average molecular weight is 1030 g/mol. The van der Waals surface area contributed by atoms with Crippen LogP contribution in [0, 0.1) is 0 Å². The topological polar surface area (TPSA) is 199 Å². The van der Waals surface area contributed by atoms with Crippen LogP contribution in [0.2, 0.25) is 0 Å². The van der Waals surface area contributed by atoms with Crippen molar-refractivity contribution in [1.82, 2.24) is 49.1 Å². The largest absolute Gasteiger partial charge is 0.495 e. The van der Waals surface area contributed by atoms with Crippen molar-refractivity contribution in [3.63, 3.8) is 0 Å². The van der Waals surface area contributed by atoms with E-state index >= 15 is 0 Å². The average Bonchev–Trinajstić information content (AvgIpc) is 3.41. The van der Waals surface area contributed by atoms with Gasteiger partial charge in [0.2, 0.25) is 0 Å². The van der Waals surface area contributed by atoms with Gasteiger partial charge < -0.3 is 47.6 Å². The number of pyridine rings is 6. The first kappa shape index (κ1) is 52.8. The molecule has 0 radical (unpaired) electrons. The van der Waals surface area contributed by atoms with Crippen LogP contribution in [0.15, 0.2) is 82.9 Å². The molecule has 2 fully saturated rings. The van der Waals surface area contributed by atoms with Gasteiger partial charge in [0, 0.05) is 99.8 Å². The van der Waals surface area contributed by atoms with Crippen molar-refractivity contribution in [1.29, 1.82) is 0 Å². The summed E-state index contributed by atoms with van der Waals surface area (Å²) in [5.74, 6) is 4.02. The van der Waals surface area contributed by atoms with E-state index in [0.717, 1.165) is 90.3 Å². The molecule has 0 aliphatic carbocycles. The van der Waals surface area contributed by atoms with E-state index in [1.165, 1.54) is 0 Å². The van der Waals surface area contributed by atoms with Crippen molar-refractivity contribution in [2.75, 3.05) is 66.8 Å². The maximum Gasteiger partial charge on any atom is 0.410 e. The lowest BCUT2D eigenvalue weighted by Crippen LogP contribution is -2.52. The summed E-state index contributed by atoms with van der Waals surface area (Å²) in [6, 6.07) is 15.2. The quantitative estimate of drug-likeness (QED) is 0.132. The van der Waals surface area contributed by atoms with Crippen molar-refractivity contribution >= 4 is 28.2 Å². The Kier molecular flexibility index (Phi) is 16.7. The first-order valence-electron chi connectivity index (χ1n) is 26.0. The molecule has 4 aliphatic rings. The Bertz CT molecular complexity index is 3070. The van der Waals surface area contributed by atoms with Crippen LogP contribution >= 0.6 is 0 Å². The van der Waals surface area contributed by atoms with Crippen molar-refractivity contribution in [3.8, 4) is 34.5 Å². The normalized spacial score (nSPS) is 19.7. The highest BCUT2D eigenvalue weighted by Crippen LogP contribution is 2.32. The smallest absolute Gasteiger partial charge is 0.410 e. The maximum atomic E-state index is 13.4. The zero-order chi connectivity index (χ0) is 52.6. The number of nitrogens with one attached hydrogen (secondary N) is 1. The Morgan fingerprint density at radius 1 is 0.653 bits per heavy atom. The molecule has 400 valence electrons. The van der Waals surface area contributed by atoms with Crippen LogP contribution in [0.3, 0.4) is 0 Å². The highest BCUT2D eigenvalue weighted by Gasteiger charge is 2.35. The van der Waals surface area contributed by atoms with Gasteiger partial charge in [-0.25, -0.2) is 4.79 Å². The molecular weight excluding hydrogens is 961 g/mol. The molecule has 4 unspecified atom stereocenters. The summed E-state index contributed by atoms with van der Waals surface area (Å²) >= 11 is 0. The minimum atomic E-state index is -0.620. The number of carbonyl (C=O) groups excluding carboxylic acids is 1. The van der Waals surface area contributed by atoms with Gasteiger partial charge in [0.05, 0.1) is 79.0 Å². The van der Waals surface area contributed by atoms with E-state index in [2.05, 4.69) is 48.9 Å². The number of carbonyl (C=O) groups is 1. The zero-order valence-electron chi connectivity index (χ0n) is 44.2. The van der Waals surface area contributed by atoms with Crippen molar-refractivity contribution in [2.45, 2.75) is 116 Å². The number of aromatic nitrogens is 6. The molecule has 0 saturated carbocycles. The predicted octanol–water partition coefficient (Wildman–Crippen LogP) is 6.08. The van der Waals surface area contributed by atoms with E-state index in [1.807, 2.05) is 45.0 Å². The summed E-state index contributed by atoms with van der Waals surface area (Å²) in [6.45, 7) is 17.6. The van der Waals surface area contributed by atoms with Crippen molar-refractivity contribution < 1.29 is 38.0 Å². The zero-order valence-corrected chi connectivity index (χ0v) is 44.2. The van der Waals surface area contributed by atoms with Gasteiger partial charge in [-0.1, -0.05) is 0 Å². The second-order valence-electron chi connectivity index (χ2n) is 20.5. The number of rotatable bonds is 14. The Labute approximate surface area is 436 Å². The summed E-state index contributed by atoms with van der Waals surface area (Å²) in [6.07, 6.45) is 10.0. The molecule has 6 aromatic rings. The van der Waals surface area contributed by atoms with Crippen LogP contribution in [0.1, 0.15) is 71.7 Å². The molecule has 0 bridgehead atoms. The summed E-state index contributed by atoms with van der Waals surface area (Å²) < 4.78 is 42.6. The third kappa shape index (κ3) is 13.1. The molecule has 4 aliphatic heterocycles. The van der Waals surface area contributed by atoms with Crippen LogP contribution in [-0.4, -0.2) is 146 Å². The van der Waals surface area contributed by atoms with Gasteiger partial charge in [0.25, 0.3) is 11.1 Å². The van der Waals surface area contributed by atoms with E-state index in [9.17, 15) is 14.4 Å². The Hall–Kier alpha value is -7.03. The van der Waals surface area contributed by atoms with Gasteiger partial charge >= 0.3 is 6.09 Å². The lowest BCUT2D eigenvalue weighted by molar-refractivity contribution is -0.000181. The second-order valence-corrected chi connectivity index (χ2v) is 20.5. The lowest BCUT2D eigenvalue weighted by atomic mass is 9.96. The van der Waals surface area contributed by atoms with Gasteiger partial charge in [0.15, 0.2) is 23.0 Å². The summed E-state index contributed by atoms with van der Waals surface area (Å²) in [4.78, 5) is 63.3. The monoisotopic (exact) mass is 1030 g/mol. The first-order valence-corrected chi connectivity index (χ1v) is 26.0. The first-order chi connectivity index (χ1) is 36.2. The van der Waals surface area contributed by atoms with Crippen LogP contribution in [-0.2, 0) is 30.9 Å². The number of amides is 1. The fourth-order valence-corrected chi connectivity index (χ4v) is 10.2. The Morgan fingerprint density at radius 3 is 1.68 bits per heavy atom. The molecule has 10 heterocycles. The molecule has 6 aromatic heterocycles. The van der Waals surface area contributed by atoms with Crippen molar-refractivity contribution in [3.05, 3.63) is 105 Å². The molecule has 75 heavy (non-hydrogen) atoms. The number of hydrogen-bond acceptors (Lipinski definition) is 17. The van der Waals surface area contributed by atoms with Crippen LogP contribution in [0.4, 0.5) is 4.79 Å². The standard InChI is InChI=1S/C30H39N5O6.C25H31N5O4/c1-20-14-22(8-9-33(20)10-11-34-25-16-23(38-5)17-32-24(25)6-7-28(34)36)35(29(37)41-30(2,3)4)19-21-15-26-27(18-31-21)40-13-12-39-26;1-17-11-18(26-14-19-12-23-24(16-27-19)34-10-9-33-23)5-6-29(17)7-8-30-22-13-20(32-2)15-28-21(22)3-4-25(30)31/h6-7,15-18,20,22H,8-14,19H2,1-5H3;3-4,12-13,15-18,26H,5-11,14H2,1-2H3. The number of piperidine rings is 2. The molecule has 20 heteroatoms. The van der Waals surface area contributed by atoms with E-state index in [1.54, 1.807) is 77.3 Å². The molecule has 1 amide bonds.